The lowest BCUT2D eigenvalue weighted by Crippen LogP contribution is -2.29. The molecule has 0 aliphatic carbocycles. The van der Waals surface area contributed by atoms with Crippen LogP contribution in [0.15, 0.2) is 72.3 Å². The van der Waals surface area contributed by atoms with E-state index in [1.807, 2.05) is 0 Å². The molecule has 8 heteroatoms. The Morgan fingerprint density at radius 1 is 1.06 bits per heavy atom. The number of hydrogen-bond acceptors (Lipinski definition) is 5. The number of ketones is 1. The van der Waals surface area contributed by atoms with Crippen molar-refractivity contribution >= 4 is 34.7 Å². The zero-order chi connectivity index (χ0) is 23.0. The summed E-state index contributed by atoms with van der Waals surface area (Å²) in [6.45, 7) is 0. The highest BCUT2D eigenvalue weighted by Crippen LogP contribution is 2.43. The van der Waals surface area contributed by atoms with Gasteiger partial charge in [0, 0.05) is 11.3 Å². The van der Waals surface area contributed by atoms with Gasteiger partial charge < -0.3 is 14.9 Å². The van der Waals surface area contributed by atoms with E-state index in [1.165, 1.54) is 67.8 Å². The first kappa shape index (κ1) is 21.4. The second-order valence-electron chi connectivity index (χ2n) is 7.09. The molecule has 6 nitrogen and oxygen atoms in total. The van der Waals surface area contributed by atoms with Gasteiger partial charge in [0.25, 0.3) is 11.7 Å². The van der Waals surface area contributed by atoms with E-state index in [-0.39, 0.29) is 27.6 Å². The number of halogens is 2. The molecule has 0 bridgehead atoms. The highest BCUT2D eigenvalue weighted by atomic mass is 35.5. The van der Waals surface area contributed by atoms with Crippen molar-refractivity contribution in [2.75, 3.05) is 12.0 Å². The van der Waals surface area contributed by atoms with Crippen LogP contribution in [0.5, 0.6) is 11.5 Å². The Labute approximate surface area is 187 Å². The Morgan fingerprint density at radius 2 is 1.78 bits per heavy atom. The number of hydrogen-bond donors (Lipinski definition) is 2. The van der Waals surface area contributed by atoms with Gasteiger partial charge in [-0.05, 0) is 54.1 Å². The Kier molecular flexibility index (Phi) is 5.59. The standard InChI is InChI=1S/C24H17ClFNO5/c1-32-19-10-7-14(11-18(19)25)22(29)20-21(13-5-8-17(28)9-6-13)27(24(31)23(20)30)16-4-2-3-15(26)12-16/h2-12,21,28-29H,1H3/b22-20+. The minimum Gasteiger partial charge on any atom is -0.508 e. The summed E-state index contributed by atoms with van der Waals surface area (Å²) in [5, 5.41) is 20.9. The lowest BCUT2D eigenvalue weighted by atomic mass is 9.95. The number of aliphatic hydroxyl groups excluding tert-OH is 1. The van der Waals surface area contributed by atoms with Crippen LogP contribution in [-0.4, -0.2) is 29.0 Å². The van der Waals surface area contributed by atoms with E-state index in [1.54, 1.807) is 0 Å². The van der Waals surface area contributed by atoms with Gasteiger partial charge in [0.2, 0.25) is 0 Å². The molecule has 3 aromatic carbocycles. The second-order valence-corrected chi connectivity index (χ2v) is 7.50. The molecular weight excluding hydrogens is 437 g/mol. The molecule has 1 aliphatic heterocycles. The molecule has 1 aliphatic rings. The maximum Gasteiger partial charge on any atom is 0.300 e. The first-order valence-corrected chi connectivity index (χ1v) is 9.89. The molecule has 1 heterocycles. The number of methoxy groups -OCH3 is 1. The lowest BCUT2D eigenvalue weighted by molar-refractivity contribution is -0.132. The fourth-order valence-corrected chi connectivity index (χ4v) is 3.92. The monoisotopic (exact) mass is 453 g/mol. The number of rotatable bonds is 4. The quantitative estimate of drug-likeness (QED) is 0.336. The highest BCUT2D eigenvalue weighted by Gasteiger charge is 2.47. The van der Waals surface area contributed by atoms with Gasteiger partial charge in [-0.1, -0.05) is 29.8 Å². The van der Waals surface area contributed by atoms with E-state index in [0.29, 0.717) is 11.3 Å². The largest absolute Gasteiger partial charge is 0.508 e. The number of benzene rings is 3. The Hall–Kier alpha value is -3.84. The zero-order valence-corrected chi connectivity index (χ0v) is 17.5. The van der Waals surface area contributed by atoms with Crippen molar-refractivity contribution < 1.29 is 28.9 Å². The van der Waals surface area contributed by atoms with Gasteiger partial charge in [-0.15, -0.1) is 0 Å². The summed E-state index contributed by atoms with van der Waals surface area (Å²) >= 11 is 6.17. The Morgan fingerprint density at radius 3 is 2.41 bits per heavy atom. The number of amides is 1. The van der Waals surface area contributed by atoms with Crippen LogP contribution in [0, 0.1) is 5.82 Å². The third kappa shape index (κ3) is 3.67. The van der Waals surface area contributed by atoms with Crippen molar-refractivity contribution in [2.24, 2.45) is 0 Å². The molecule has 3 aromatic rings. The van der Waals surface area contributed by atoms with E-state index >= 15 is 0 Å². The van der Waals surface area contributed by atoms with Crippen molar-refractivity contribution in [3.63, 3.8) is 0 Å². The van der Waals surface area contributed by atoms with Gasteiger partial charge in [-0.25, -0.2) is 4.39 Å². The van der Waals surface area contributed by atoms with Gasteiger partial charge in [-0.3, -0.25) is 14.5 Å². The number of aliphatic hydroxyl groups is 1. The lowest BCUT2D eigenvalue weighted by Gasteiger charge is -2.25. The first-order valence-electron chi connectivity index (χ1n) is 9.51. The molecule has 162 valence electrons. The van der Waals surface area contributed by atoms with Crippen molar-refractivity contribution in [1.29, 1.82) is 0 Å². The molecule has 2 N–H and O–H groups in total. The van der Waals surface area contributed by atoms with Crippen LogP contribution in [0.25, 0.3) is 5.76 Å². The summed E-state index contributed by atoms with van der Waals surface area (Å²) in [4.78, 5) is 27.2. The maximum absolute atomic E-state index is 13.9. The van der Waals surface area contributed by atoms with Gasteiger partial charge in [0.1, 0.15) is 23.1 Å². The number of carbonyl (C=O) groups is 2. The van der Waals surface area contributed by atoms with Crippen LogP contribution in [0.1, 0.15) is 17.2 Å². The van der Waals surface area contributed by atoms with Crippen LogP contribution in [-0.2, 0) is 9.59 Å². The summed E-state index contributed by atoms with van der Waals surface area (Å²) in [7, 11) is 1.44. The molecule has 0 saturated carbocycles. The van der Waals surface area contributed by atoms with Crippen LogP contribution in [0.3, 0.4) is 0 Å². The van der Waals surface area contributed by atoms with Crippen LogP contribution in [0.4, 0.5) is 10.1 Å². The van der Waals surface area contributed by atoms with Crippen molar-refractivity contribution in [3.05, 3.63) is 94.3 Å². The highest BCUT2D eigenvalue weighted by molar-refractivity contribution is 6.51. The zero-order valence-electron chi connectivity index (χ0n) is 16.8. The molecular formula is C24H17ClFNO5. The average molecular weight is 454 g/mol. The third-order valence-electron chi connectivity index (χ3n) is 5.16. The molecule has 1 amide bonds. The Balaban J connectivity index is 1.94. The molecule has 1 fully saturated rings. The van der Waals surface area contributed by atoms with E-state index < -0.39 is 29.3 Å². The van der Waals surface area contributed by atoms with E-state index in [4.69, 9.17) is 16.3 Å². The van der Waals surface area contributed by atoms with Gasteiger partial charge in [0.15, 0.2) is 0 Å². The summed E-state index contributed by atoms with van der Waals surface area (Å²) in [6.07, 6.45) is 0. The predicted octanol–water partition coefficient (Wildman–Crippen LogP) is 4.82. The predicted molar refractivity (Wildman–Crippen MR) is 117 cm³/mol. The molecule has 32 heavy (non-hydrogen) atoms. The average Bonchev–Trinajstić information content (AvgIpc) is 3.04. The summed E-state index contributed by atoms with van der Waals surface area (Å²) < 4.78 is 19.0. The van der Waals surface area contributed by atoms with Crippen molar-refractivity contribution in [3.8, 4) is 11.5 Å². The van der Waals surface area contributed by atoms with E-state index in [2.05, 4.69) is 0 Å². The Bertz CT molecular complexity index is 1260. The van der Waals surface area contributed by atoms with Crippen LogP contribution in [0.2, 0.25) is 5.02 Å². The third-order valence-corrected chi connectivity index (χ3v) is 5.46. The van der Waals surface area contributed by atoms with Gasteiger partial charge >= 0.3 is 0 Å². The molecule has 4 rings (SSSR count). The van der Waals surface area contributed by atoms with Gasteiger partial charge in [0.05, 0.1) is 23.7 Å². The first-order chi connectivity index (χ1) is 15.3. The minimum atomic E-state index is -1.06. The number of phenols is 1. The summed E-state index contributed by atoms with van der Waals surface area (Å²) in [6, 6.07) is 14.5. The molecule has 0 aromatic heterocycles. The number of Topliss-reactive ketones (excluding diaryl/α,β-unsaturated/α-hetero) is 1. The van der Waals surface area contributed by atoms with E-state index in [0.717, 1.165) is 11.0 Å². The molecule has 1 atom stereocenters. The van der Waals surface area contributed by atoms with Gasteiger partial charge in [-0.2, -0.15) is 0 Å². The summed E-state index contributed by atoms with van der Waals surface area (Å²) in [5.41, 5.74) is 0.604. The normalized spacial score (nSPS) is 17.6. The topological polar surface area (TPSA) is 87.1 Å². The van der Waals surface area contributed by atoms with Crippen LogP contribution < -0.4 is 9.64 Å². The fraction of sp³-hybridized carbons (Fsp3) is 0.0833. The number of phenolic OH excluding ortho intramolecular Hbond substituents is 1. The maximum atomic E-state index is 13.9. The molecule has 1 unspecified atom stereocenters. The second kappa shape index (κ2) is 8.36. The summed E-state index contributed by atoms with van der Waals surface area (Å²) in [5.74, 6) is -2.52. The number of aromatic hydroxyl groups is 1. The van der Waals surface area contributed by atoms with Crippen molar-refractivity contribution in [2.45, 2.75) is 6.04 Å². The molecule has 0 spiro atoms. The smallest absolute Gasteiger partial charge is 0.300 e. The SMILES string of the molecule is COc1ccc(/C(O)=C2\C(=O)C(=O)N(c3cccc(F)c3)C2c2ccc(O)cc2)cc1Cl. The van der Waals surface area contributed by atoms with Crippen LogP contribution >= 0.6 is 11.6 Å². The molecule has 0 radical (unpaired) electrons. The fourth-order valence-electron chi connectivity index (χ4n) is 3.67. The molecule has 1 saturated heterocycles. The number of ether oxygens (including phenoxy) is 1. The van der Waals surface area contributed by atoms with E-state index in [9.17, 15) is 24.2 Å². The number of nitrogens with zero attached hydrogens (tertiary/aromatic N) is 1. The minimum absolute atomic E-state index is 0.0154. The number of carbonyl (C=O) groups excluding carboxylic acids is 2. The number of anilines is 1. The van der Waals surface area contributed by atoms with Crippen molar-refractivity contribution in [1.82, 2.24) is 0 Å².